The van der Waals surface area contributed by atoms with Crippen molar-refractivity contribution in [2.45, 2.75) is 25.4 Å². The molecule has 0 bridgehead atoms. The Balaban J connectivity index is 0.00000220. The van der Waals surface area contributed by atoms with E-state index in [1.165, 1.54) is 0 Å². The Morgan fingerprint density at radius 3 is 2.76 bits per heavy atom. The third kappa shape index (κ3) is 4.49. The van der Waals surface area contributed by atoms with E-state index >= 15 is 0 Å². The Kier molecular flexibility index (Phi) is 7.28. The van der Waals surface area contributed by atoms with Gasteiger partial charge in [0.15, 0.2) is 11.5 Å². The van der Waals surface area contributed by atoms with Gasteiger partial charge in [0.2, 0.25) is 5.91 Å². The molecule has 7 heteroatoms. The lowest BCUT2D eigenvalue weighted by Gasteiger charge is -2.14. The third-order valence-electron chi connectivity index (χ3n) is 3.34. The second-order valence-electron chi connectivity index (χ2n) is 4.68. The minimum atomic E-state index is -0.0569. The second-order valence-corrected chi connectivity index (χ2v) is 5.53. The van der Waals surface area contributed by atoms with E-state index < -0.39 is 0 Å². The highest BCUT2D eigenvalue weighted by atomic mass is 79.9. The molecule has 1 aliphatic rings. The number of methoxy groups -OCH3 is 2. The van der Waals surface area contributed by atoms with Crippen LogP contribution in [0.1, 0.15) is 18.4 Å². The molecule has 1 aromatic rings. The van der Waals surface area contributed by atoms with Gasteiger partial charge >= 0.3 is 0 Å². The first-order valence-electron chi connectivity index (χ1n) is 6.57. The first kappa shape index (κ1) is 18.1. The lowest BCUT2D eigenvalue weighted by Crippen LogP contribution is -2.40. The quantitative estimate of drug-likeness (QED) is 0.824. The number of hydrogen-bond acceptors (Lipinski definition) is 4. The molecular formula is C14H20BrClN2O3. The van der Waals surface area contributed by atoms with Crippen LogP contribution in [0, 0.1) is 0 Å². The molecule has 1 aliphatic heterocycles. The topological polar surface area (TPSA) is 59.6 Å². The van der Waals surface area contributed by atoms with Crippen molar-refractivity contribution in [1.82, 2.24) is 10.6 Å². The molecule has 1 saturated heterocycles. The lowest BCUT2D eigenvalue weighted by atomic mass is 10.1. The van der Waals surface area contributed by atoms with Crippen molar-refractivity contribution in [2.24, 2.45) is 0 Å². The summed E-state index contributed by atoms with van der Waals surface area (Å²) in [5, 5.41) is 6.12. The molecule has 0 aromatic heterocycles. The van der Waals surface area contributed by atoms with Crippen LogP contribution in [0.15, 0.2) is 16.6 Å². The molecule has 0 radical (unpaired) electrons. The van der Waals surface area contributed by atoms with Crippen LogP contribution >= 0.6 is 28.3 Å². The molecule has 1 unspecified atom stereocenters. The van der Waals surface area contributed by atoms with Gasteiger partial charge in [-0.1, -0.05) is 0 Å². The number of rotatable bonds is 5. The summed E-state index contributed by atoms with van der Waals surface area (Å²) in [6.07, 6.45) is 1.96. The molecule has 1 atom stereocenters. The van der Waals surface area contributed by atoms with Gasteiger partial charge in [-0.3, -0.25) is 4.79 Å². The molecule has 0 aliphatic carbocycles. The summed E-state index contributed by atoms with van der Waals surface area (Å²) in [5.41, 5.74) is 0.959. The van der Waals surface area contributed by atoms with Crippen LogP contribution < -0.4 is 20.1 Å². The Labute approximate surface area is 139 Å². The van der Waals surface area contributed by atoms with E-state index in [1.807, 2.05) is 12.1 Å². The number of benzene rings is 1. The fraction of sp³-hybridized carbons (Fsp3) is 0.500. The maximum atomic E-state index is 11.9. The van der Waals surface area contributed by atoms with E-state index in [0.29, 0.717) is 18.0 Å². The van der Waals surface area contributed by atoms with Gasteiger partial charge in [-0.25, -0.2) is 0 Å². The summed E-state index contributed by atoms with van der Waals surface area (Å²) in [5.74, 6) is 1.35. The van der Waals surface area contributed by atoms with Crippen molar-refractivity contribution in [2.75, 3.05) is 20.8 Å². The monoisotopic (exact) mass is 378 g/mol. The van der Waals surface area contributed by atoms with Crippen LogP contribution in [0.5, 0.6) is 11.5 Å². The van der Waals surface area contributed by atoms with Crippen LogP contribution in [0.2, 0.25) is 0 Å². The predicted molar refractivity (Wildman–Crippen MR) is 87.4 cm³/mol. The number of halogens is 2. The van der Waals surface area contributed by atoms with Crippen molar-refractivity contribution in [1.29, 1.82) is 0 Å². The number of hydrogen-bond donors (Lipinski definition) is 2. The maximum absolute atomic E-state index is 11.9. The smallest absolute Gasteiger partial charge is 0.237 e. The van der Waals surface area contributed by atoms with E-state index in [9.17, 15) is 4.79 Å². The Hall–Kier alpha value is -0.980. The molecule has 118 valence electrons. The summed E-state index contributed by atoms with van der Waals surface area (Å²) in [6.45, 7) is 1.38. The molecule has 2 rings (SSSR count). The van der Waals surface area contributed by atoms with Crippen LogP contribution in [-0.4, -0.2) is 32.7 Å². The Morgan fingerprint density at radius 2 is 2.19 bits per heavy atom. The minimum Gasteiger partial charge on any atom is -0.493 e. The minimum absolute atomic E-state index is 0. The normalized spacial score (nSPS) is 17.0. The molecular weight excluding hydrogens is 360 g/mol. The number of nitrogens with one attached hydrogen (secondary N) is 2. The zero-order valence-electron chi connectivity index (χ0n) is 12.1. The lowest BCUT2D eigenvalue weighted by molar-refractivity contribution is -0.122. The second kappa shape index (κ2) is 8.46. The highest BCUT2D eigenvalue weighted by molar-refractivity contribution is 9.10. The van der Waals surface area contributed by atoms with Gasteiger partial charge in [-0.15, -0.1) is 12.4 Å². The number of carbonyl (C=O) groups excluding carboxylic acids is 1. The van der Waals surface area contributed by atoms with Gasteiger partial charge in [0.1, 0.15) is 0 Å². The largest absolute Gasteiger partial charge is 0.493 e. The molecule has 0 spiro atoms. The van der Waals surface area contributed by atoms with Gasteiger partial charge in [-0.05, 0) is 53.0 Å². The van der Waals surface area contributed by atoms with Crippen molar-refractivity contribution in [3.63, 3.8) is 0 Å². The highest BCUT2D eigenvalue weighted by Crippen LogP contribution is 2.36. The maximum Gasteiger partial charge on any atom is 0.237 e. The molecule has 1 heterocycles. The van der Waals surface area contributed by atoms with Gasteiger partial charge in [0, 0.05) is 6.54 Å². The van der Waals surface area contributed by atoms with Gasteiger partial charge in [0.05, 0.1) is 24.7 Å². The molecule has 1 fully saturated rings. The van der Waals surface area contributed by atoms with E-state index in [2.05, 4.69) is 26.6 Å². The Morgan fingerprint density at radius 1 is 1.43 bits per heavy atom. The molecule has 1 amide bonds. The first-order valence-corrected chi connectivity index (χ1v) is 7.36. The SMILES string of the molecule is COc1cc(CNC(=O)C2CCCN2)cc(Br)c1OC.Cl. The summed E-state index contributed by atoms with van der Waals surface area (Å²) < 4.78 is 11.4. The number of ether oxygens (including phenoxy) is 2. The summed E-state index contributed by atoms with van der Waals surface area (Å²) in [4.78, 5) is 11.9. The van der Waals surface area contributed by atoms with Gasteiger partial charge < -0.3 is 20.1 Å². The van der Waals surface area contributed by atoms with E-state index in [-0.39, 0.29) is 24.4 Å². The average Bonchev–Trinajstić information content (AvgIpc) is 2.98. The number of carbonyl (C=O) groups is 1. The molecule has 0 saturated carbocycles. The average molecular weight is 380 g/mol. The van der Waals surface area contributed by atoms with Crippen LogP contribution in [-0.2, 0) is 11.3 Å². The van der Waals surface area contributed by atoms with E-state index in [0.717, 1.165) is 29.4 Å². The van der Waals surface area contributed by atoms with E-state index in [1.54, 1.807) is 14.2 Å². The number of amides is 1. The first-order chi connectivity index (χ1) is 9.65. The molecule has 2 N–H and O–H groups in total. The standard InChI is InChI=1S/C14H19BrN2O3.ClH/c1-19-12-7-9(6-10(15)13(12)20-2)8-17-14(18)11-4-3-5-16-11;/h6-7,11,16H,3-5,8H2,1-2H3,(H,17,18);1H. The summed E-state index contributed by atoms with van der Waals surface area (Å²) in [7, 11) is 3.19. The van der Waals surface area contributed by atoms with Crippen molar-refractivity contribution >= 4 is 34.2 Å². The summed E-state index contributed by atoms with van der Waals surface area (Å²) in [6, 6.07) is 3.73. The van der Waals surface area contributed by atoms with Crippen molar-refractivity contribution in [3.05, 3.63) is 22.2 Å². The molecule has 5 nitrogen and oxygen atoms in total. The van der Waals surface area contributed by atoms with Gasteiger partial charge in [0.25, 0.3) is 0 Å². The molecule has 21 heavy (non-hydrogen) atoms. The van der Waals surface area contributed by atoms with Crippen LogP contribution in [0.4, 0.5) is 0 Å². The predicted octanol–water partition coefficient (Wildman–Crippen LogP) is 2.26. The van der Waals surface area contributed by atoms with Crippen molar-refractivity contribution < 1.29 is 14.3 Å². The van der Waals surface area contributed by atoms with Crippen LogP contribution in [0.3, 0.4) is 0 Å². The Bertz CT molecular complexity index is 493. The molecule has 1 aromatic carbocycles. The fourth-order valence-corrected chi connectivity index (χ4v) is 2.95. The third-order valence-corrected chi connectivity index (χ3v) is 3.93. The van der Waals surface area contributed by atoms with Crippen molar-refractivity contribution in [3.8, 4) is 11.5 Å². The highest BCUT2D eigenvalue weighted by Gasteiger charge is 2.21. The van der Waals surface area contributed by atoms with Gasteiger partial charge in [-0.2, -0.15) is 0 Å². The van der Waals surface area contributed by atoms with Crippen LogP contribution in [0.25, 0.3) is 0 Å². The van der Waals surface area contributed by atoms with E-state index in [4.69, 9.17) is 9.47 Å². The summed E-state index contributed by atoms with van der Waals surface area (Å²) >= 11 is 3.44. The fourth-order valence-electron chi connectivity index (χ4n) is 2.29. The zero-order chi connectivity index (χ0) is 14.5. The zero-order valence-corrected chi connectivity index (χ0v) is 14.5.